The highest BCUT2D eigenvalue weighted by Gasteiger charge is 2.40. The normalized spacial score (nSPS) is 21.3. The molecule has 1 saturated heterocycles. The van der Waals surface area contributed by atoms with Gasteiger partial charge in [0, 0.05) is 12.6 Å². The molecule has 8 heteroatoms. The third-order valence-electron chi connectivity index (χ3n) is 5.82. The first kappa shape index (κ1) is 20.9. The SMILES string of the molecule is COc1ccc(-c2ccc3c(c2)C(=O)N2CCC(NC(=O)C(C)O)CC2C(=O)N3)cc1. The predicted octanol–water partition coefficient (Wildman–Crippen LogP) is 1.78. The molecule has 2 aromatic rings. The largest absolute Gasteiger partial charge is 0.497 e. The first-order chi connectivity index (χ1) is 14.9. The number of benzene rings is 2. The molecular weight excluding hydrogens is 398 g/mol. The molecular formula is C23H25N3O5. The summed E-state index contributed by atoms with van der Waals surface area (Å²) in [6.07, 6.45) is -0.306. The number of nitrogens with one attached hydrogen (secondary N) is 2. The van der Waals surface area contributed by atoms with E-state index in [9.17, 15) is 19.5 Å². The zero-order valence-electron chi connectivity index (χ0n) is 17.4. The minimum absolute atomic E-state index is 0.214. The van der Waals surface area contributed by atoms with Crippen molar-refractivity contribution in [3.63, 3.8) is 0 Å². The van der Waals surface area contributed by atoms with Crippen LogP contribution in [0.15, 0.2) is 42.5 Å². The lowest BCUT2D eigenvalue weighted by Crippen LogP contribution is -2.55. The Balaban J connectivity index is 1.59. The molecule has 2 heterocycles. The van der Waals surface area contributed by atoms with E-state index in [1.807, 2.05) is 30.3 Å². The second kappa shape index (κ2) is 8.39. The molecule has 31 heavy (non-hydrogen) atoms. The summed E-state index contributed by atoms with van der Waals surface area (Å²) in [4.78, 5) is 39.6. The Morgan fingerprint density at radius 1 is 1.19 bits per heavy atom. The Morgan fingerprint density at radius 2 is 1.90 bits per heavy atom. The summed E-state index contributed by atoms with van der Waals surface area (Å²) >= 11 is 0. The van der Waals surface area contributed by atoms with E-state index in [4.69, 9.17) is 4.74 Å². The fourth-order valence-corrected chi connectivity index (χ4v) is 4.07. The van der Waals surface area contributed by atoms with Crippen LogP contribution < -0.4 is 15.4 Å². The summed E-state index contributed by atoms with van der Waals surface area (Å²) in [6, 6.07) is 12.0. The van der Waals surface area contributed by atoms with Crippen LogP contribution in [0.3, 0.4) is 0 Å². The summed E-state index contributed by atoms with van der Waals surface area (Å²) in [5.74, 6) is -0.226. The Kier molecular flexibility index (Phi) is 5.65. The van der Waals surface area contributed by atoms with Gasteiger partial charge in [-0.05, 0) is 55.2 Å². The standard InChI is InChI=1S/C23H25N3O5/c1-13(27)21(28)24-16-9-10-26-20(12-16)22(29)25-19-8-5-15(11-18(19)23(26)30)14-3-6-17(31-2)7-4-14/h3-8,11,13,16,20,27H,9-10,12H2,1-2H3,(H,24,28)(H,25,29). The second-order valence-corrected chi connectivity index (χ2v) is 7.90. The number of ether oxygens (including phenoxy) is 1. The van der Waals surface area contributed by atoms with Crippen LogP contribution in [0.5, 0.6) is 5.75 Å². The van der Waals surface area contributed by atoms with Crippen molar-refractivity contribution in [2.45, 2.75) is 38.0 Å². The molecule has 2 aromatic carbocycles. The van der Waals surface area contributed by atoms with Crippen LogP contribution in [0.2, 0.25) is 0 Å². The molecule has 0 aliphatic carbocycles. The smallest absolute Gasteiger partial charge is 0.256 e. The predicted molar refractivity (Wildman–Crippen MR) is 115 cm³/mol. The number of methoxy groups -OCH3 is 1. The van der Waals surface area contributed by atoms with E-state index in [-0.39, 0.29) is 17.9 Å². The zero-order valence-corrected chi connectivity index (χ0v) is 17.4. The van der Waals surface area contributed by atoms with E-state index >= 15 is 0 Å². The molecule has 0 bridgehead atoms. The molecule has 0 radical (unpaired) electrons. The third kappa shape index (κ3) is 4.11. The van der Waals surface area contributed by atoms with Gasteiger partial charge in [0.1, 0.15) is 17.9 Å². The Bertz CT molecular complexity index is 1020. The van der Waals surface area contributed by atoms with Gasteiger partial charge in [-0.25, -0.2) is 0 Å². The number of nitrogens with zero attached hydrogens (tertiary/aromatic N) is 1. The fraction of sp³-hybridized carbons (Fsp3) is 0.348. The van der Waals surface area contributed by atoms with Gasteiger partial charge in [0.25, 0.3) is 5.91 Å². The van der Waals surface area contributed by atoms with Gasteiger partial charge in [-0.15, -0.1) is 0 Å². The lowest BCUT2D eigenvalue weighted by atomic mass is 9.95. The number of hydrogen-bond donors (Lipinski definition) is 3. The molecule has 0 spiro atoms. The number of rotatable bonds is 4. The molecule has 2 aliphatic rings. The number of fused-ring (bicyclic) bond motifs is 2. The molecule has 3 amide bonds. The van der Waals surface area contributed by atoms with Gasteiger partial charge < -0.3 is 25.4 Å². The van der Waals surface area contributed by atoms with Gasteiger partial charge in [0.2, 0.25) is 11.8 Å². The quantitative estimate of drug-likeness (QED) is 0.695. The molecule has 0 aromatic heterocycles. The summed E-state index contributed by atoms with van der Waals surface area (Å²) in [5.41, 5.74) is 2.71. The van der Waals surface area contributed by atoms with Crippen molar-refractivity contribution in [3.05, 3.63) is 48.0 Å². The third-order valence-corrected chi connectivity index (χ3v) is 5.82. The van der Waals surface area contributed by atoms with Crippen LogP contribution >= 0.6 is 0 Å². The van der Waals surface area contributed by atoms with Crippen molar-refractivity contribution < 1.29 is 24.2 Å². The van der Waals surface area contributed by atoms with E-state index in [1.54, 1.807) is 24.1 Å². The van der Waals surface area contributed by atoms with Crippen molar-refractivity contribution in [1.82, 2.24) is 10.2 Å². The summed E-state index contributed by atoms with van der Waals surface area (Å²) in [6.45, 7) is 1.73. The van der Waals surface area contributed by atoms with Crippen LogP contribution in [0, 0.1) is 0 Å². The summed E-state index contributed by atoms with van der Waals surface area (Å²) in [5, 5.41) is 15.0. The van der Waals surface area contributed by atoms with Gasteiger partial charge in [0.15, 0.2) is 0 Å². The lowest BCUT2D eigenvalue weighted by molar-refractivity contribution is -0.130. The zero-order chi connectivity index (χ0) is 22.1. The molecule has 0 saturated carbocycles. The lowest BCUT2D eigenvalue weighted by Gasteiger charge is -2.37. The summed E-state index contributed by atoms with van der Waals surface area (Å²) < 4.78 is 5.20. The van der Waals surface area contributed by atoms with E-state index in [1.165, 1.54) is 6.92 Å². The Hall–Kier alpha value is -3.39. The highest BCUT2D eigenvalue weighted by atomic mass is 16.5. The van der Waals surface area contributed by atoms with E-state index in [0.29, 0.717) is 30.6 Å². The van der Waals surface area contributed by atoms with E-state index < -0.39 is 18.1 Å². The van der Waals surface area contributed by atoms with Gasteiger partial charge >= 0.3 is 0 Å². The molecule has 8 nitrogen and oxygen atoms in total. The Labute approximate surface area is 180 Å². The van der Waals surface area contributed by atoms with Gasteiger partial charge in [-0.1, -0.05) is 18.2 Å². The maximum Gasteiger partial charge on any atom is 0.256 e. The molecule has 3 N–H and O–H groups in total. The van der Waals surface area contributed by atoms with Crippen molar-refractivity contribution in [3.8, 4) is 16.9 Å². The van der Waals surface area contributed by atoms with Crippen molar-refractivity contribution in [2.24, 2.45) is 0 Å². The topological polar surface area (TPSA) is 108 Å². The minimum atomic E-state index is -1.12. The highest BCUT2D eigenvalue weighted by Crippen LogP contribution is 2.32. The number of carbonyl (C=O) groups excluding carboxylic acids is 3. The van der Waals surface area contributed by atoms with Crippen molar-refractivity contribution in [2.75, 3.05) is 19.0 Å². The molecule has 4 rings (SSSR count). The fourth-order valence-electron chi connectivity index (χ4n) is 4.07. The molecule has 1 fully saturated rings. The van der Waals surface area contributed by atoms with Crippen molar-refractivity contribution in [1.29, 1.82) is 0 Å². The van der Waals surface area contributed by atoms with Crippen LogP contribution in [-0.2, 0) is 9.59 Å². The molecule has 2 aliphatic heterocycles. The number of carbonyl (C=O) groups is 3. The first-order valence-corrected chi connectivity index (χ1v) is 10.3. The van der Waals surface area contributed by atoms with E-state index in [2.05, 4.69) is 10.6 Å². The average molecular weight is 423 g/mol. The number of aliphatic hydroxyl groups excluding tert-OH is 1. The first-order valence-electron chi connectivity index (χ1n) is 10.3. The van der Waals surface area contributed by atoms with Gasteiger partial charge in [0.05, 0.1) is 18.4 Å². The van der Waals surface area contributed by atoms with Crippen LogP contribution in [0.1, 0.15) is 30.1 Å². The number of aliphatic hydroxyl groups is 1. The van der Waals surface area contributed by atoms with Crippen LogP contribution in [0.25, 0.3) is 11.1 Å². The minimum Gasteiger partial charge on any atom is -0.497 e. The molecule has 3 unspecified atom stereocenters. The van der Waals surface area contributed by atoms with Crippen molar-refractivity contribution >= 4 is 23.4 Å². The molecule has 3 atom stereocenters. The number of anilines is 1. The molecule has 162 valence electrons. The number of piperidine rings is 1. The number of amides is 3. The average Bonchev–Trinajstić information content (AvgIpc) is 2.88. The van der Waals surface area contributed by atoms with Crippen LogP contribution in [0.4, 0.5) is 5.69 Å². The van der Waals surface area contributed by atoms with Gasteiger partial charge in [-0.2, -0.15) is 0 Å². The van der Waals surface area contributed by atoms with Gasteiger partial charge in [-0.3, -0.25) is 14.4 Å². The second-order valence-electron chi connectivity index (χ2n) is 7.90. The van der Waals surface area contributed by atoms with Crippen LogP contribution in [-0.4, -0.2) is 59.6 Å². The summed E-state index contributed by atoms with van der Waals surface area (Å²) in [7, 11) is 1.61. The maximum atomic E-state index is 13.3. The highest BCUT2D eigenvalue weighted by molar-refractivity contribution is 6.10. The number of hydrogen-bond acceptors (Lipinski definition) is 5. The monoisotopic (exact) mass is 423 g/mol. The van der Waals surface area contributed by atoms with E-state index in [0.717, 1.165) is 16.9 Å². The Morgan fingerprint density at radius 3 is 2.58 bits per heavy atom. The maximum absolute atomic E-state index is 13.3.